The molecule has 0 amide bonds. The molecule has 0 spiro atoms. The van der Waals surface area contributed by atoms with Crippen molar-refractivity contribution in [3.8, 4) is 0 Å². The molecule has 16 heavy (non-hydrogen) atoms. The van der Waals surface area contributed by atoms with E-state index in [-0.39, 0.29) is 5.56 Å². The summed E-state index contributed by atoms with van der Waals surface area (Å²) >= 11 is 1.64. The lowest BCUT2D eigenvalue weighted by Crippen LogP contribution is -2.17. The van der Waals surface area contributed by atoms with E-state index in [9.17, 15) is 8.78 Å². The topological polar surface area (TPSA) is 26.0 Å². The van der Waals surface area contributed by atoms with Crippen molar-refractivity contribution in [1.82, 2.24) is 0 Å². The molecular formula is C12H17F2NS. The summed E-state index contributed by atoms with van der Waals surface area (Å²) in [7, 11) is 0. The van der Waals surface area contributed by atoms with E-state index in [1.54, 1.807) is 11.8 Å². The van der Waals surface area contributed by atoms with Gasteiger partial charge in [0.25, 0.3) is 0 Å². The minimum absolute atomic E-state index is 0.00157. The van der Waals surface area contributed by atoms with Crippen molar-refractivity contribution < 1.29 is 8.78 Å². The van der Waals surface area contributed by atoms with E-state index < -0.39 is 17.7 Å². The van der Waals surface area contributed by atoms with Gasteiger partial charge in [0.2, 0.25) is 0 Å². The Kier molecular flexibility index (Phi) is 5.22. The van der Waals surface area contributed by atoms with Crippen molar-refractivity contribution in [3.05, 3.63) is 35.4 Å². The highest BCUT2D eigenvalue weighted by molar-refractivity contribution is 7.99. The van der Waals surface area contributed by atoms with Crippen LogP contribution in [0.15, 0.2) is 18.2 Å². The summed E-state index contributed by atoms with van der Waals surface area (Å²) < 4.78 is 26.8. The molecule has 0 bridgehead atoms. The molecule has 0 fully saturated rings. The number of halogens is 2. The zero-order valence-electron chi connectivity index (χ0n) is 9.54. The Morgan fingerprint density at radius 2 is 1.88 bits per heavy atom. The summed E-state index contributed by atoms with van der Waals surface area (Å²) in [5.74, 6) is -0.582. The van der Waals surface area contributed by atoms with Gasteiger partial charge in [-0.05, 0) is 18.6 Å². The predicted octanol–water partition coefficient (Wildman–Crippen LogP) is 3.50. The van der Waals surface area contributed by atoms with E-state index >= 15 is 0 Å². The number of nitrogens with two attached hydrogens (primary N) is 1. The molecule has 0 aliphatic rings. The van der Waals surface area contributed by atoms with Crippen LogP contribution in [0.4, 0.5) is 8.78 Å². The van der Waals surface area contributed by atoms with E-state index in [0.29, 0.717) is 11.0 Å². The van der Waals surface area contributed by atoms with Crippen LogP contribution in [0.1, 0.15) is 31.9 Å². The van der Waals surface area contributed by atoms with Crippen molar-refractivity contribution >= 4 is 11.8 Å². The molecule has 2 unspecified atom stereocenters. The van der Waals surface area contributed by atoms with Gasteiger partial charge >= 0.3 is 0 Å². The Hall–Kier alpha value is -0.610. The third-order valence-corrected chi connectivity index (χ3v) is 3.96. The summed E-state index contributed by atoms with van der Waals surface area (Å²) in [4.78, 5) is 0. The summed E-state index contributed by atoms with van der Waals surface area (Å²) in [6.45, 7) is 4.15. The first-order valence-corrected chi connectivity index (χ1v) is 6.42. The Balaban J connectivity index is 2.69. The van der Waals surface area contributed by atoms with Crippen LogP contribution in [-0.2, 0) is 0 Å². The molecule has 0 aromatic heterocycles. The first kappa shape index (κ1) is 13.5. The third kappa shape index (κ3) is 3.46. The van der Waals surface area contributed by atoms with Crippen LogP contribution in [0.25, 0.3) is 0 Å². The van der Waals surface area contributed by atoms with Gasteiger partial charge < -0.3 is 5.73 Å². The van der Waals surface area contributed by atoms with Gasteiger partial charge in [-0.15, -0.1) is 0 Å². The maximum absolute atomic E-state index is 13.4. The lowest BCUT2D eigenvalue weighted by molar-refractivity contribution is 0.538. The maximum atomic E-state index is 13.4. The molecule has 0 aliphatic carbocycles. The molecule has 0 saturated heterocycles. The van der Waals surface area contributed by atoms with Gasteiger partial charge in [-0.1, -0.05) is 19.9 Å². The predicted molar refractivity (Wildman–Crippen MR) is 65.5 cm³/mol. The highest BCUT2D eigenvalue weighted by Gasteiger charge is 2.16. The summed E-state index contributed by atoms with van der Waals surface area (Å²) in [5, 5.41) is 0.459. The number of rotatable bonds is 5. The van der Waals surface area contributed by atoms with E-state index in [2.05, 4.69) is 13.8 Å². The standard InChI is InChI=1S/C12H17F2NS/c1-3-8(2)16-7-11(15)12-9(13)5-4-6-10(12)14/h4-6,8,11H,3,7,15H2,1-2H3. The monoisotopic (exact) mass is 245 g/mol. The second kappa shape index (κ2) is 6.21. The van der Waals surface area contributed by atoms with Crippen LogP contribution >= 0.6 is 11.8 Å². The number of hydrogen-bond donors (Lipinski definition) is 1. The quantitative estimate of drug-likeness (QED) is 0.859. The Bertz CT molecular complexity index is 324. The molecule has 4 heteroatoms. The van der Waals surface area contributed by atoms with Gasteiger partial charge in [0.05, 0.1) is 0 Å². The molecule has 1 aromatic rings. The third-order valence-electron chi connectivity index (χ3n) is 2.51. The highest BCUT2D eigenvalue weighted by atomic mass is 32.2. The highest BCUT2D eigenvalue weighted by Crippen LogP contribution is 2.24. The largest absolute Gasteiger partial charge is 0.323 e. The number of benzene rings is 1. The van der Waals surface area contributed by atoms with E-state index in [1.807, 2.05) is 0 Å². The molecular weight excluding hydrogens is 228 g/mol. The molecule has 1 rings (SSSR count). The Labute approximate surface area is 99.4 Å². The molecule has 1 aromatic carbocycles. The van der Waals surface area contributed by atoms with Crippen LogP contribution in [0, 0.1) is 11.6 Å². The fourth-order valence-electron chi connectivity index (χ4n) is 1.33. The van der Waals surface area contributed by atoms with Crippen LogP contribution in [0.3, 0.4) is 0 Å². The lowest BCUT2D eigenvalue weighted by atomic mass is 10.1. The minimum Gasteiger partial charge on any atom is -0.323 e. The van der Waals surface area contributed by atoms with Crippen molar-refractivity contribution in [2.75, 3.05) is 5.75 Å². The van der Waals surface area contributed by atoms with Gasteiger partial charge in [-0.3, -0.25) is 0 Å². The Morgan fingerprint density at radius 1 is 1.31 bits per heavy atom. The van der Waals surface area contributed by atoms with Crippen molar-refractivity contribution in [1.29, 1.82) is 0 Å². The first-order valence-electron chi connectivity index (χ1n) is 5.37. The SMILES string of the molecule is CCC(C)SCC(N)c1c(F)cccc1F. The zero-order valence-corrected chi connectivity index (χ0v) is 10.4. The van der Waals surface area contributed by atoms with Crippen molar-refractivity contribution in [2.45, 2.75) is 31.6 Å². The fraction of sp³-hybridized carbons (Fsp3) is 0.500. The second-order valence-corrected chi connectivity index (χ2v) is 5.27. The summed E-state index contributed by atoms with van der Waals surface area (Å²) in [6.07, 6.45) is 1.02. The van der Waals surface area contributed by atoms with Crippen molar-refractivity contribution in [2.24, 2.45) is 5.73 Å². The van der Waals surface area contributed by atoms with Crippen molar-refractivity contribution in [3.63, 3.8) is 0 Å². The van der Waals surface area contributed by atoms with Gasteiger partial charge in [-0.25, -0.2) is 8.78 Å². The second-order valence-electron chi connectivity index (χ2n) is 3.79. The Morgan fingerprint density at radius 3 is 2.38 bits per heavy atom. The summed E-state index contributed by atoms with van der Waals surface area (Å²) in [6, 6.07) is 3.25. The van der Waals surface area contributed by atoms with Crippen LogP contribution in [-0.4, -0.2) is 11.0 Å². The summed E-state index contributed by atoms with van der Waals surface area (Å²) in [5.41, 5.74) is 5.80. The van der Waals surface area contributed by atoms with Gasteiger partial charge in [-0.2, -0.15) is 11.8 Å². The zero-order chi connectivity index (χ0) is 12.1. The smallest absolute Gasteiger partial charge is 0.130 e. The molecule has 1 nitrogen and oxygen atoms in total. The number of thioether (sulfide) groups is 1. The lowest BCUT2D eigenvalue weighted by Gasteiger charge is -2.15. The van der Waals surface area contributed by atoms with Crippen LogP contribution < -0.4 is 5.73 Å². The van der Waals surface area contributed by atoms with Crippen LogP contribution in [0.2, 0.25) is 0 Å². The average molecular weight is 245 g/mol. The van der Waals surface area contributed by atoms with E-state index in [0.717, 1.165) is 6.42 Å². The molecule has 0 radical (unpaired) electrons. The molecule has 2 atom stereocenters. The normalized spacial score (nSPS) is 14.8. The van der Waals surface area contributed by atoms with Gasteiger partial charge in [0.1, 0.15) is 11.6 Å². The fourth-order valence-corrected chi connectivity index (χ4v) is 2.27. The van der Waals surface area contributed by atoms with Gasteiger partial charge in [0.15, 0.2) is 0 Å². The molecule has 90 valence electrons. The molecule has 0 heterocycles. The maximum Gasteiger partial charge on any atom is 0.130 e. The minimum atomic E-state index is -0.583. The molecule has 0 aliphatic heterocycles. The van der Waals surface area contributed by atoms with Gasteiger partial charge in [0, 0.05) is 22.6 Å². The number of hydrogen-bond acceptors (Lipinski definition) is 2. The molecule has 2 N–H and O–H groups in total. The average Bonchev–Trinajstić information content (AvgIpc) is 2.25. The molecule has 0 saturated carbocycles. The first-order chi connectivity index (χ1) is 7.56. The van der Waals surface area contributed by atoms with Crippen LogP contribution in [0.5, 0.6) is 0 Å². The van der Waals surface area contributed by atoms with E-state index in [4.69, 9.17) is 5.73 Å². The van der Waals surface area contributed by atoms with E-state index in [1.165, 1.54) is 18.2 Å².